The van der Waals surface area contributed by atoms with E-state index in [1.54, 1.807) is 13.0 Å². The van der Waals surface area contributed by atoms with Crippen LogP contribution in [0.4, 0.5) is 11.6 Å². The molecule has 0 aliphatic rings. The SMILES string of the molecule is CCNc1cc(NCC(=O)OCC)ncn1. The Bertz CT molecular complexity index is 343. The Hall–Kier alpha value is -1.85. The number of anilines is 2. The summed E-state index contributed by atoms with van der Waals surface area (Å²) < 4.78 is 4.78. The number of ether oxygens (including phenoxy) is 1. The predicted molar refractivity (Wildman–Crippen MR) is 61.3 cm³/mol. The van der Waals surface area contributed by atoms with Crippen LogP contribution in [0.25, 0.3) is 0 Å². The molecule has 0 aliphatic carbocycles. The van der Waals surface area contributed by atoms with E-state index in [2.05, 4.69) is 20.6 Å². The Labute approximate surface area is 94.4 Å². The second kappa shape index (κ2) is 6.60. The number of esters is 1. The second-order valence-electron chi connectivity index (χ2n) is 2.98. The number of rotatable bonds is 6. The fourth-order valence-corrected chi connectivity index (χ4v) is 1.11. The first kappa shape index (κ1) is 12.2. The van der Waals surface area contributed by atoms with Crippen LogP contribution in [0.5, 0.6) is 0 Å². The maximum absolute atomic E-state index is 11.1. The highest BCUT2D eigenvalue weighted by molar-refractivity contribution is 5.74. The lowest BCUT2D eigenvalue weighted by Crippen LogP contribution is -2.17. The fourth-order valence-electron chi connectivity index (χ4n) is 1.11. The average molecular weight is 224 g/mol. The summed E-state index contributed by atoms with van der Waals surface area (Å²) in [4.78, 5) is 19.1. The molecule has 0 unspecified atom stereocenters. The van der Waals surface area contributed by atoms with Crippen LogP contribution < -0.4 is 10.6 Å². The summed E-state index contributed by atoms with van der Waals surface area (Å²) in [6, 6.07) is 1.74. The summed E-state index contributed by atoms with van der Waals surface area (Å²) in [5.74, 6) is 1.02. The van der Waals surface area contributed by atoms with Gasteiger partial charge in [-0.15, -0.1) is 0 Å². The maximum atomic E-state index is 11.1. The molecular formula is C10H16N4O2. The molecule has 0 bridgehead atoms. The van der Waals surface area contributed by atoms with Gasteiger partial charge in [0.2, 0.25) is 0 Å². The molecule has 0 fully saturated rings. The Morgan fingerprint density at radius 3 is 2.62 bits per heavy atom. The van der Waals surface area contributed by atoms with Crippen molar-refractivity contribution in [3.63, 3.8) is 0 Å². The zero-order valence-corrected chi connectivity index (χ0v) is 9.49. The third-order valence-electron chi connectivity index (χ3n) is 1.74. The Morgan fingerprint density at radius 1 is 1.31 bits per heavy atom. The van der Waals surface area contributed by atoms with E-state index in [4.69, 9.17) is 4.74 Å². The van der Waals surface area contributed by atoms with Gasteiger partial charge in [0.15, 0.2) is 0 Å². The molecular weight excluding hydrogens is 208 g/mol. The summed E-state index contributed by atoms with van der Waals surface area (Å²) in [6.45, 7) is 5.03. The molecule has 0 aliphatic heterocycles. The molecule has 2 N–H and O–H groups in total. The van der Waals surface area contributed by atoms with Crippen molar-refractivity contribution >= 4 is 17.6 Å². The number of aromatic nitrogens is 2. The molecule has 1 heterocycles. The molecule has 0 saturated heterocycles. The first-order valence-electron chi connectivity index (χ1n) is 5.21. The molecule has 1 rings (SSSR count). The Morgan fingerprint density at radius 2 is 2.00 bits per heavy atom. The van der Waals surface area contributed by atoms with Gasteiger partial charge in [-0.1, -0.05) is 0 Å². The van der Waals surface area contributed by atoms with Gasteiger partial charge >= 0.3 is 5.97 Å². The minimum Gasteiger partial charge on any atom is -0.465 e. The summed E-state index contributed by atoms with van der Waals surface area (Å²) in [7, 11) is 0. The first-order chi connectivity index (χ1) is 7.76. The second-order valence-corrected chi connectivity index (χ2v) is 2.98. The van der Waals surface area contributed by atoms with E-state index in [0.29, 0.717) is 12.4 Å². The zero-order chi connectivity index (χ0) is 11.8. The van der Waals surface area contributed by atoms with E-state index < -0.39 is 0 Å². The third-order valence-corrected chi connectivity index (χ3v) is 1.74. The molecule has 0 saturated carbocycles. The fraction of sp³-hybridized carbons (Fsp3) is 0.500. The normalized spacial score (nSPS) is 9.62. The van der Waals surface area contributed by atoms with Gasteiger partial charge in [0.25, 0.3) is 0 Å². The largest absolute Gasteiger partial charge is 0.465 e. The minimum atomic E-state index is -0.300. The van der Waals surface area contributed by atoms with Crippen LogP contribution in [0, 0.1) is 0 Å². The summed E-state index contributed by atoms with van der Waals surface area (Å²) in [5, 5.41) is 5.92. The van der Waals surface area contributed by atoms with Crippen molar-refractivity contribution in [3.05, 3.63) is 12.4 Å². The highest BCUT2D eigenvalue weighted by Crippen LogP contribution is 2.07. The number of hydrogen-bond donors (Lipinski definition) is 2. The highest BCUT2D eigenvalue weighted by atomic mass is 16.5. The molecule has 6 nitrogen and oxygen atoms in total. The molecule has 0 atom stereocenters. The van der Waals surface area contributed by atoms with Gasteiger partial charge in [-0.3, -0.25) is 4.79 Å². The van der Waals surface area contributed by atoms with Gasteiger partial charge in [-0.05, 0) is 13.8 Å². The van der Waals surface area contributed by atoms with Gasteiger partial charge in [0, 0.05) is 12.6 Å². The number of hydrogen-bond acceptors (Lipinski definition) is 6. The van der Waals surface area contributed by atoms with E-state index in [1.807, 2.05) is 6.92 Å². The predicted octanol–water partition coefficient (Wildman–Crippen LogP) is 0.883. The highest BCUT2D eigenvalue weighted by Gasteiger charge is 2.02. The molecule has 88 valence electrons. The van der Waals surface area contributed by atoms with Crippen LogP contribution in [0.1, 0.15) is 13.8 Å². The molecule has 16 heavy (non-hydrogen) atoms. The van der Waals surface area contributed by atoms with E-state index >= 15 is 0 Å². The van der Waals surface area contributed by atoms with E-state index in [1.165, 1.54) is 6.33 Å². The standard InChI is InChI=1S/C10H16N4O2/c1-3-11-8-5-9(14-7-13-8)12-6-10(15)16-4-2/h5,7H,3-4,6H2,1-2H3,(H2,11,12,13,14). The monoisotopic (exact) mass is 224 g/mol. The van der Waals surface area contributed by atoms with Gasteiger partial charge in [0.05, 0.1) is 6.61 Å². The third kappa shape index (κ3) is 4.12. The first-order valence-corrected chi connectivity index (χ1v) is 5.21. The van der Waals surface area contributed by atoms with Crippen LogP contribution in [0.15, 0.2) is 12.4 Å². The lowest BCUT2D eigenvalue weighted by Gasteiger charge is -2.06. The van der Waals surface area contributed by atoms with Crippen molar-refractivity contribution in [2.24, 2.45) is 0 Å². The lowest BCUT2D eigenvalue weighted by atomic mass is 10.5. The van der Waals surface area contributed by atoms with Crippen molar-refractivity contribution in [3.8, 4) is 0 Å². The quantitative estimate of drug-likeness (QED) is 0.699. The number of nitrogens with zero attached hydrogens (tertiary/aromatic N) is 2. The van der Waals surface area contributed by atoms with E-state index in [0.717, 1.165) is 12.4 Å². The van der Waals surface area contributed by atoms with E-state index in [-0.39, 0.29) is 12.5 Å². The van der Waals surface area contributed by atoms with Crippen molar-refractivity contribution in [1.29, 1.82) is 0 Å². The summed E-state index contributed by atoms with van der Waals surface area (Å²) in [5.41, 5.74) is 0. The molecule has 0 aromatic carbocycles. The summed E-state index contributed by atoms with van der Waals surface area (Å²) >= 11 is 0. The number of nitrogens with one attached hydrogen (secondary N) is 2. The van der Waals surface area contributed by atoms with Gasteiger partial charge in [-0.25, -0.2) is 9.97 Å². The molecule has 1 aromatic rings. The van der Waals surface area contributed by atoms with Gasteiger partial charge in [-0.2, -0.15) is 0 Å². The molecule has 0 radical (unpaired) electrons. The van der Waals surface area contributed by atoms with Crippen LogP contribution in [0.2, 0.25) is 0 Å². The lowest BCUT2D eigenvalue weighted by molar-refractivity contribution is -0.140. The minimum absolute atomic E-state index is 0.108. The topological polar surface area (TPSA) is 76.1 Å². The summed E-state index contributed by atoms with van der Waals surface area (Å²) in [6.07, 6.45) is 1.44. The molecule has 0 spiro atoms. The number of carbonyl (C=O) groups is 1. The van der Waals surface area contributed by atoms with Crippen molar-refractivity contribution in [2.75, 3.05) is 30.3 Å². The van der Waals surface area contributed by atoms with E-state index in [9.17, 15) is 4.79 Å². The Kier molecular flexibility index (Phi) is 5.04. The number of carbonyl (C=O) groups excluding carboxylic acids is 1. The van der Waals surface area contributed by atoms with Crippen LogP contribution in [-0.2, 0) is 9.53 Å². The van der Waals surface area contributed by atoms with Crippen molar-refractivity contribution < 1.29 is 9.53 Å². The van der Waals surface area contributed by atoms with Crippen molar-refractivity contribution in [2.45, 2.75) is 13.8 Å². The van der Waals surface area contributed by atoms with Gasteiger partial charge < -0.3 is 15.4 Å². The average Bonchev–Trinajstić information content (AvgIpc) is 2.28. The zero-order valence-electron chi connectivity index (χ0n) is 9.49. The van der Waals surface area contributed by atoms with Crippen molar-refractivity contribution in [1.82, 2.24) is 9.97 Å². The smallest absolute Gasteiger partial charge is 0.325 e. The van der Waals surface area contributed by atoms with Crippen LogP contribution >= 0.6 is 0 Å². The Balaban J connectivity index is 2.47. The maximum Gasteiger partial charge on any atom is 0.325 e. The van der Waals surface area contributed by atoms with Crippen LogP contribution in [0.3, 0.4) is 0 Å². The molecule has 1 aromatic heterocycles. The van der Waals surface area contributed by atoms with Crippen LogP contribution in [-0.4, -0.2) is 35.6 Å². The molecule has 6 heteroatoms. The van der Waals surface area contributed by atoms with Gasteiger partial charge in [0.1, 0.15) is 24.5 Å². The molecule has 0 amide bonds.